The Hall–Kier alpha value is -1.76. The average molecular weight is 689 g/mol. The van der Waals surface area contributed by atoms with Crippen molar-refractivity contribution in [1.82, 2.24) is 0 Å². The lowest BCUT2D eigenvalue weighted by Gasteiger charge is -2.07. The lowest BCUT2D eigenvalue weighted by atomic mass is 10.0. The summed E-state index contributed by atoms with van der Waals surface area (Å²) in [4.78, 5) is 0. The van der Waals surface area contributed by atoms with Gasteiger partial charge in [-0.25, -0.2) is 0 Å². The van der Waals surface area contributed by atoms with Gasteiger partial charge in [0.25, 0.3) is 0 Å². The van der Waals surface area contributed by atoms with Gasteiger partial charge in [-0.15, -0.1) is 0 Å². The van der Waals surface area contributed by atoms with Gasteiger partial charge in [0, 0.05) is 0 Å². The van der Waals surface area contributed by atoms with Crippen LogP contribution >= 0.6 is 0 Å². The van der Waals surface area contributed by atoms with Gasteiger partial charge in [0.15, 0.2) is 0 Å². The Morgan fingerprint density at radius 3 is 0.940 bits per heavy atom. The van der Waals surface area contributed by atoms with Gasteiger partial charge in [-0.05, 0) is 62.3 Å². The van der Waals surface area contributed by atoms with Crippen molar-refractivity contribution in [2.24, 2.45) is 0 Å². The van der Waals surface area contributed by atoms with Gasteiger partial charge in [0.1, 0.15) is 5.75 Å². The summed E-state index contributed by atoms with van der Waals surface area (Å²) >= 11 is 0. The standard InChI is InChI=1S/C49H84O/c1-3-4-35-47-41-43-49(44-42-47)50-45-34-32-30-28-26-24-22-20-18-16-14-12-10-8-6-5-7-9-11-13-15-17-19-21-23-25-27-29-31-33-36-48-39-37-46(2)38-40-48/h37-44H,3-36,45H2,1-2H3. The molecule has 0 amide bonds. The Morgan fingerprint density at radius 1 is 0.320 bits per heavy atom. The summed E-state index contributed by atoms with van der Waals surface area (Å²) < 4.78 is 5.94. The molecular weight excluding hydrogens is 605 g/mol. The van der Waals surface area contributed by atoms with Gasteiger partial charge in [0.05, 0.1) is 6.61 Å². The Labute approximate surface area is 313 Å². The van der Waals surface area contributed by atoms with Gasteiger partial charge in [0.2, 0.25) is 0 Å². The number of aryl methyl sites for hydroxylation is 3. The van der Waals surface area contributed by atoms with Crippen LogP contribution in [0.5, 0.6) is 5.75 Å². The lowest BCUT2D eigenvalue weighted by Crippen LogP contribution is -1.97. The SMILES string of the molecule is CCCCc1ccc(OCCCCCCCCCCCCCCCCCCCCCCCCCCCCCCCCc2ccc(C)cc2)cc1. The van der Waals surface area contributed by atoms with E-state index >= 15 is 0 Å². The summed E-state index contributed by atoms with van der Waals surface area (Å²) in [7, 11) is 0. The van der Waals surface area contributed by atoms with E-state index in [9.17, 15) is 0 Å². The quantitative estimate of drug-likeness (QED) is 0.0642. The number of unbranched alkanes of at least 4 members (excludes halogenated alkanes) is 30. The summed E-state index contributed by atoms with van der Waals surface area (Å²) in [5.41, 5.74) is 4.32. The molecule has 0 aliphatic rings. The Balaban J connectivity index is 1.16. The fourth-order valence-electron chi connectivity index (χ4n) is 7.46. The molecule has 0 unspecified atom stereocenters. The van der Waals surface area contributed by atoms with Crippen molar-refractivity contribution in [2.75, 3.05) is 6.61 Å². The second kappa shape index (κ2) is 34.3. The van der Waals surface area contributed by atoms with E-state index < -0.39 is 0 Å². The number of hydrogen-bond donors (Lipinski definition) is 0. The lowest BCUT2D eigenvalue weighted by molar-refractivity contribution is 0.304. The van der Waals surface area contributed by atoms with E-state index in [1.807, 2.05) is 0 Å². The number of benzene rings is 2. The third kappa shape index (κ3) is 27.9. The molecule has 0 bridgehead atoms. The molecule has 0 N–H and O–H groups in total. The summed E-state index contributed by atoms with van der Waals surface area (Å²) in [6, 6.07) is 17.9. The number of rotatable bonds is 37. The van der Waals surface area contributed by atoms with Crippen molar-refractivity contribution in [3.63, 3.8) is 0 Å². The predicted octanol–water partition coefficient (Wildman–Crippen LogP) is 16.7. The Morgan fingerprint density at radius 2 is 0.600 bits per heavy atom. The zero-order valence-corrected chi connectivity index (χ0v) is 33.8. The molecule has 0 aromatic heterocycles. The largest absolute Gasteiger partial charge is 0.494 e. The van der Waals surface area contributed by atoms with Gasteiger partial charge < -0.3 is 4.74 Å². The van der Waals surface area contributed by atoms with Gasteiger partial charge in [-0.2, -0.15) is 0 Å². The molecule has 0 saturated carbocycles. The number of hydrogen-bond acceptors (Lipinski definition) is 1. The smallest absolute Gasteiger partial charge is 0.119 e. The normalized spacial score (nSPS) is 11.4. The van der Waals surface area contributed by atoms with Crippen LogP contribution in [0.4, 0.5) is 0 Å². The summed E-state index contributed by atoms with van der Waals surface area (Å²) in [6.45, 7) is 5.29. The van der Waals surface area contributed by atoms with E-state index in [-0.39, 0.29) is 0 Å². The second-order valence-corrected chi connectivity index (χ2v) is 15.9. The third-order valence-electron chi connectivity index (χ3n) is 11.0. The van der Waals surface area contributed by atoms with Crippen LogP contribution in [0.15, 0.2) is 48.5 Å². The zero-order valence-electron chi connectivity index (χ0n) is 33.8. The van der Waals surface area contributed by atoms with Crippen LogP contribution in [0.1, 0.15) is 229 Å². The Bertz CT molecular complexity index is 944. The molecule has 0 fully saturated rings. The van der Waals surface area contributed by atoms with E-state index in [1.165, 1.54) is 235 Å². The first kappa shape index (κ1) is 44.4. The predicted molar refractivity (Wildman–Crippen MR) is 224 cm³/mol. The number of ether oxygens (including phenoxy) is 1. The average Bonchev–Trinajstić information content (AvgIpc) is 3.14. The van der Waals surface area contributed by atoms with E-state index in [0.29, 0.717) is 0 Å². The van der Waals surface area contributed by atoms with Gasteiger partial charge in [-0.1, -0.05) is 235 Å². The topological polar surface area (TPSA) is 9.23 Å². The highest BCUT2D eigenvalue weighted by Gasteiger charge is 1.99. The molecule has 1 nitrogen and oxygen atoms in total. The van der Waals surface area contributed by atoms with Gasteiger partial charge in [-0.3, -0.25) is 0 Å². The van der Waals surface area contributed by atoms with E-state index in [4.69, 9.17) is 4.74 Å². The summed E-state index contributed by atoms with van der Waals surface area (Å²) in [5, 5.41) is 0. The zero-order chi connectivity index (χ0) is 35.4. The van der Waals surface area contributed by atoms with Crippen LogP contribution in [0.25, 0.3) is 0 Å². The maximum atomic E-state index is 5.94. The minimum absolute atomic E-state index is 0.867. The highest BCUT2D eigenvalue weighted by molar-refractivity contribution is 5.27. The molecule has 0 radical (unpaired) electrons. The highest BCUT2D eigenvalue weighted by atomic mass is 16.5. The van der Waals surface area contributed by atoms with Crippen molar-refractivity contribution >= 4 is 0 Å². The maximum Gasteiger partial charge on any atom is 0.119 e. The first-order valence-electron chi connectivity index (χ1n) is 22.5. The first-order valence-corrected chi connectivity index (χ1v) is 22.5. The minimum Gasteiger partial charge on any atom is -0.494 e. The molecule has 2 aromatic carbocycles. The van der Waals surface area contributed by atoms with E-state index in [0.717, 1.165) is 12.4 Å². The molecule has 0 aliphatic heterocycles. The van der Waals surface area contributed by atoms with Gasteiger partial charge >= 0.3 is 0 Å². The van der Waals surface area contributed by atoms with Crippen LogP contribution in [-0.4, -0.2) is 6.61 Å². The van der Waals surface area contributed by atoms with Crippen molar-refractivity contribution in [1.29, 1.82) is 0 Å². The van der Waals surface area contributed by atoms with E-state index in [1.54, 1.807) is 0 Å². The van der Waals surface area contributed by atoms with Crippen LogP contribution in [0.3, 0.4) is 0 Å². The van der Waals surface area contributed by atoms with Crippen LogP contribution in [0, 0.1) is 6.92 Å². The molecular formula is C49H84O. The second-order valence-electron chi connectivity index (χ2n) is 15.9. The molecule has 0 spiro atoms. The fraction of sp³-hybridized carbons (Fsp3) is 0.755. The highest BCUT2D eigenvalue weighted by Crippen LogP contribution is 2.18. The molecule has 1 heteroatoms. The van der Waals surface area contributed by atoms with Crippen LogP contribution in [-0.2, 0) is 12.8 Å². The first-order chi connectivity index (χ1) is 24.8. The van der Waals surface area contributed by atoms with Crippen molar-refractivity contribution < 1.29 is 4.74 Å². The van der Waals surface area contributed by atoms with Crippen LogP contribution < -0.4 is 4.74 Å². The molecule has 286 valence electrons. The molecule has 2 aromatic rings. The minimum atomic E-state index is 0.867. The molecule has 0 saturated heterocycles. The Kier molecular flexibility index (Phi) is 30.5. The maximum absolute atomic E-state index is 5.94. The van der Waals surface area contributed by atoms with E-state index in [2.05, 4.69) is 62.4 Å². The van der Waals surface area contributed by atoms with Crippen molar-refractivity contribution in [2.45, 2.75) is 232 Å². The summed E-state index contributed by atoms with van der Waals surface area (Å²) in [5.74, 6) is 1.04. The van der Waals surface area contributed by atoms with Crippen LogP contribution in [0.2, 0.25) is 0 Å². The summed E-state index contributed by atoms with van der Waals surface area (Å²) in [6.07, 6.45) is 48.2. The monoisotopic (exact) mass is 689 g/mol. The molecule has 50 heavy (non-hydrogen) atoms. The molecule has 0 atom stereocenters. The molecule has 2 rings (SSSR count). The fourth-order valence-corrected chi connectivity index (χ4v) is 7.46. The molecule has 0 heterocycles. The van der Waals surface area contributed by atoms with Crippen molar-refractivity contribution in [3.05, 3.63) is 65.2 Å². The molecule has 0 aliphatic carbocycles. The third-order valence-corrected chi connectivity index (χ3v) is 11.0. The van der Waals surface area contributed by atoms with Crippen molar-refractivity contribution in [3.8, 4) is 5.75 Å².